The van der Waals surface area contributed by atoms with Crippen molar-refractivity contribution in [1.29, 1.82) is 0 Å². The Kier molecular flexibility index (Phi) is 4.07. The molecule has 2 N–H and O–H groups in total. The summed E-state index contributed by atoms with van der Waals surface area (Å²) in [6.45, 7) is -0.0525. The van der Waals surface area contributed by atoms with Crippen LogP contribution < -0.4 is 0 Å². The Bertz CT molecular complexity index is 261. The summed E-state index contributed by atoms with van der Waals surface area (Å²) >= 11 is 0. The molecule has 3 heteroatoms. The van der Waals surface area contributed by atoms with Gasteiger partial charge in [0.15, 0.2) is 0 Å². The summed E-state index contributed by atoms with van der Waals surface area (Å²) in [5.41, 5.74) is 0.834. The number of hydrogen-bond donors (Lipinski definition) is 2. The molecule has 0 spiro atoms. The van der Waals surface area contributed by atoms with Gasteiger partial charge in [-0.3, -0.25) is 0 Å². The maximum absolute atomic E-state index is 9.95. The molecular weight excluding hydrogens is 178 g/mol. The third-order valence-corrected chi connectivity index (χ3v) is 2.36. The van der Waals surface area contributed by atoms with Crippen LogP contribution in [0.4, 0.5) is 0 Å². The van der Waals surface area contributed by atoms with E-state index in [0.717, 1.165) is 5.56 Å². The van der Waals surface area contributed by atoms with Crippen LogP contribution in [0.5, 0.6) is 0 Å². The van der Waals surface area contributed by atoms with Gasteiger partial charge >= 0.3 is 0 Å². The topological polar surface area (TPSA) is 43.7 Å². The molecule has 0 heterocycles. The van der Waals surface area contributed by atoms with Gasteiger partial charge in [0.1, 0.15) is 0 Å². The molecule has 0 aliphatic heterocycles. The Morgan fingerprint density at radius 3 is 2.21 bits per heavy atom. The maximum Gasteiger partial charge on any atom is 0.0967 e. The number of aliphatic hydroxyl groups is 2. The van der Waals surface area contributed by atoms with Crippen molar-refractivity contribution >= 4 is 0 Å². The molecule has 0 aliphatic rings. The van der Waals surface area contributed by atoms with Crippen LogP contribution in [0, 0.1) is 0 Å². The molecule has 1 aromatic carbocycles. The van der Waals surface area contributed by atoms with Gasteiger partial charge in [-0.1, -0.05) is 30.3 Å². The largest absolute Gasteiger partial charge is 0.395 e. The standard InChI is InChI=1S/C11H17NO2/c1-12(2)10(8-13)11(14)9-6-4-3-5-7-9/h3-7,10-11,13-14H,8H2,1-2H3/t10-,11?/m1/s1. The molecule has 0 radical (unpaired) electrons. The van der Waals surface area contributed by atoms with Gasteiger partial charge in [-0.15, -0.1) is 0 Å². The van der Waals surface area contributed by atoms with E-state index < -0.39 is 6.10 Å². The number of rotatable bonds is 4. The molecule has 0 fully saturated rings. The van der Waals surface area contributed by atoms with E-state index in [1.54, 1.807) is 0 Å². The number of benzene rings is 1. The number of likely N-dealkylation sites (N-methyl/N-ethyl adjacent to an activating group) is 1. The molecule has 0 saturated carbocycles. The van der Waals surface area contributed by atoms with Crippen LogP contribution in [0.15, 0.2) is 30.3 Å². The average Bonchev–Trinajstić information content (AvgIpc) is 2.19. The van der Waals surface area contributed by atoms with Crippen LogP contribution in [0.3, 0.4) is 0 Å². The molecule has 78 valence electrons. The number of hydrogen-bond acceptors (Lipinski definition) is 3. The molecule has 14 heavy (non-hydrogen) atoms. The summed E-state index contributed by atoms with van der Waals surface area (Å²) in [6, 6.07) is 9.12. The fourth-order valence-electron chi connectivity index (χ4n) is 1.42. The normalized spacial score (nSPS) is 15.5. The predicted octanol–water partition coefficient (Wildman–Crippen LogP) is 0.643. The minimum absolute atomic E-state index is 0.0525. The first-order chi connectivity index (χ1) is 6.66. The second-order valence-electron chi connectivity index (χ2n) is 3.57. The van der Waals surface area contributed by atoms with E-state index in [1.807, 2.05) is 49.3 Å². The van der Waals surface area contributed by atoms with Gasteiger partial charge in [-0.05, 0) is 19.7 Å². The van der Waals surface area contributed by atoms with E-state index in [4.69, 9.17) is 5.11 Å². The van der Waals surface area contributed by atoms with Gasteiger partial charge in [0.05, 0.1) is 18.8 Å². The van der Waals surface area contributed by atoms with Crippen LogP contribution in [0.2, 0.25) is 0 Å². The highest BCUT2D eigenvalue weighted by molar-refractivity contribution is 5.18. The molecule has 1 aromatic rings. The zero-order valence-corrected chi connectivity index (χ0v) is 8.59. The molecule has 1 unspecified atom stereocenters. The van der Waals surface area contributed by atoms with Gasteiger partial charge in [-0.2, -0.15) is 0 Å². The third-order valence-electron chi connectivity index (χ3n) is 2.36. The van der Waals surface area contributed by atoms with E-state index in [-0.39, 0.29) is 12.6 Å². The van der Waals surface area contributed by atoms with Gasteiger partial charge in [0.25, 0.3) is 0 Å². The predicted molar refractivity (Wildman–Crippen MR) is 56.0 cm³/mol. The number of nitrogens with zero attached hydrogens (tertiary/aromatic N) is 1. The molecule has 1 rings (SSSR count). The van der Waals surface area contributed by atoms with E-state index in [1.165, 1.54) is 0 Å². The van der Waals surface area contributed by atoms with Crippen molar-refractivity contribution in [2.24, 2.45) is 0 Å². The summed E-state index contributed by atoms with van der Waals surface area (Å²) in [5.74, 6) is 0. The van der Waals surface area contributed by atoms with Crippen molar-refractivity contribution in [3.8, 4) is 0 Å². The van der Waals surface area contributed by atoms with Crippen LogP contribution in [0.1, 0.15) is 11.7 Å². The van der Waals surface area contributed by atoms with Crippen molar-refractivity contribution in [3.05, 3.63) is 35.9 Å². The highest BCUT2D eigenvalue weighted by Crippen LogP contribution is 2.18. The Morgan fingerprint density at radius 2 is 1.79 bits per heavy atom. The monoisotopic (exact) mass is 195 g/mol. The molecule has 0 amide bonds. The van der Waals surface area contributed by atoms with Crippen molar-refractivity contribution < 1.29 is 10.2 Å². The summed E-state index contributed by atoms with van der Waals surface area (Å²) in [7, 11) is 3.68. The SMILES string of the molecule is CN(C)[C@H](CO)C(O)c1ccccc1. The Labute approximate surface area is 84.6 Å². The summed E-state index contributed by atoms with van der Waals surface area (Å²) < 4.78 is 0. The highest BCUT2D eigenvalue weighted by atomic mass is 16.3. The van der Waals surface area contributed by atoms with Gasteiger partial charge in [0, 0.05) is 0 Å². The molecule has 3 nitrogen and oxygen atoms in total. The van der Waals surface area contributed by atoms with E-state index in [0.29, 0.717) is 0 Å². The summed E-state index contributed by atoms with van der Waals surface area (Å²) in [5, 5.41) is 19.1. The van der Waals surface area contributed by atoms with Gasteiger partial charge < -0.3 is 15.1 Å². The first kappa shape index (κ1) is 11.2. The highest BCUT2D eigenvalue weighted by Gasteiger charge is 2.21. The zero-order chi connectivity index (χ0) is 10.6. The lowest BCUT2D eigenvalue weighted by Crippen LogP contribution is -2.37. The molecule has 0 bridgehead atoms. The minimum Gasteiger partial charge on any atom is -0.395 e. The van der Waals surface area contributed by atoms with Crippen LogP contribution in [-0.2, 0) is 0 Å². The summed E-state index contributed by atoms with van der Waals surface area (Å²) in [6.07, 6.45) is -0.642. The lowest BCUT2D eigenvalue weighted by Gasteiger charge is -2.27. The van der Waals surface area contributed by atoms with Gasteiger partial charge in [-0.25, -0.2) is 0 Å². The minimum atomic E-state index is -0.642. The first-order valence-electron chi connectivity index (χ1n) is 4.67. The Morgan fingerprint density at radius 1 is 1.21 bits per heavy atom. The first-order valence-corrected chi connectivity index (χ1v) is 4.67. The van der Waals surface area contributed by atoms with Gasteiger partial charge in [0.2, 0.25) is 0 Å². The average molecular weight is 195 g/mol. The molecule has 0 saturated heterocycles. The molecule has 2 atom stereocenters. The van der Waals surface area contributed by atoms with Crippen molar-refractivity contribution in [2.45, 2.75) is 12.1 Å². The van der Waals surface area contributed by atoms with Crippen molar-refractivity contribution in [3.63, 3.8) is 0 Å². The Balaban J connectivity index is 2.78. The lowest BCUT2D eigenvalue weighted by molar-refractivity contribution is 0.0390. The zero-order valence-electron chi connectivity index (χ0n) is 8.59. The van der Waals surface area contributed by atoms with Crippen molar-refractivity contribution in [2.75, 3.05) is 20.7 Å². The second-order valence-corrected chi connectivity index (χ2v) is 3.57. The van der Waals surface area contributed by atoms with E-state index in [2.05, 4.69) is 0 Å². The molecule has 0 aromatic heterocycles. The smallest absolute Gasteiger partial charge is 0.0967 e. The van der Waals surface area contributed by atoms with Crippen molar-refractivity contribution in [1.82, 2.24) is 4.90 Å². The van der Waals surface area contributed by atoms with E-state index >= 15 is 0 Å². The second kappa shape index (κ2) is 5.10. The maximum atomic E-state index is 9.95. The van der Waals surface area contributed by atoms with Crippen LogP contribution >= 0.6 is 0 Å². The van der Waals surface area contributed by atoms with E-state index in [9.17, 15) is 5.11 Å². The molecular formula is C11H17NO2. The molecule has 0 aliphatic carbocycles. The van der Waals surface area contributed by atoms with Crippen LogP contribution in [0.25, 0.3) is 0 Å². The van der Waals surface area contributed by atoms with Crippen LogP contribution in [-0.4, -0.2) is 41.9 Å². The fraction of sp³-hybridized carbons (Fsp3) is 0.455. The fourth-order valence-corrected chi connectivity index (χ4v) is 1.42. The number of aliphatic hydroxyl groups excluding tert-OH is 2. The lowest BCUT2D eigenvalue weighted by atomic mass is 10.0. The summed E-state index contributed by atoms with van der Waals surface area (Å²) in [4.78, 5) is 1.82. The quantitative estimate of drug-likeness (QED) is 0.741. The third kappa shape index (κ3) is 2.54. The Hall–Kier alpha value is -0.900.